The van der Waals surface area contributed by atoms with Crippen LogP contribution in [0.1, 0.15) is 25.0 Å². The van der Waals surface area contributed by atoms with Crippen LogP contribution in [-0.4, -0.2) is 23.5 Å². The van der Waals surface area contributed by atoms with E-state index < -0.39 is 23.2 Å². The Kier molecular flexibility index (Phi) is 3.84. The van der Waals surface area contributed by atoms with E-state index in [4.69, 9.17) is 5.11 Å². The Bertz CT molecular complexity index is 536. The lowest BCUT2D eigenvalue weighted by Gasteiger charge is -2.06. The molecule has 0 saturated heterocycles. The molecule has 1 saturated carbocycles. The van der Waals surface area contributed by atoms with E-state index in [2.05, 4.69) is 11.4 Å². The molecule has 0 radical (unpaired) electrons. The summed E-state index contributed by atoms with van der Waals surface area (Å²) < 4.78 is 0. The zero-order chi connectivity index (χ0) is 14.9. The molecule has 0 aromatic heterocycles. The Morgan fingerprint density at radius 2 is 2.00 bits per heavy atom. The minimum absolute atomic E-state index is 0.143. The summed E-state index contributed by atoms with van der Waals surface area (Å²) in [6, 6.07) is 8.15. The number of amides is 1. The normalized spacial score (nSPS) is 23.1. The van der Waals surface area contributed by atoms with E-state index in [0.29, 0.717) is 6.54 Å². The summed E-state index contributed by atoms with van der Waals surface area (Å²) in [6.45, 7) is 6.24. The van der Waals surface area contributed by atoms with E-state index in [1.54, 1.807) is 0 Å². The van der Waals surface area contributed by atoms with Gasteiger partial charge in [0.05, 0.1) is 11.8 Å². The molecule has 0 spiro atoms. The van der Waals surface area contributed by atoms with Crippen LogP contribution in [0.25, 0.3) is 0 Å². The summed E-state index contributed by atoms with van der Waals surface area (Å²) >= 11 is 0. The Labute approximate surface area is 119 Å². The predicted octanol–water partition coefficient (Wildman–Crippen LogP) is 2.01. The summed E-state index contributed by atoms with van der Waals surface area (Å²) in [5.74, 6) is -1.98. The molecule has 1 aromatic rings. The van der Waals surface area contributed by atoms with Crippen LogP contribution >= 0.6 is 0 Å². The van der Waals surface area contributed by atoms with Crippen molar-refractivity contribution in [3.05, 3.63) is 35.4 Å². The minimum Gasteiger partial charge on any atom is -0.481 e. The molecule has 1 amide bonds. The Morgan fingerprint density at radius 3 is 2.55 bits per heavy atom. The highest BCUT2D eigenvalue weighted by Gasteiger charge is 2.65. The molecule has 2 rings (SSSR count). The van der Waals surface area contributed by atoms with Crippen LogP contribution in [0.3, 0.4) is 0 Å². The standard InChI is InChI=1S/C16H21NO3/c1-10-5-4-6-11(9-10)7-8-17-14(18)12-13(15(19)20)16(12,2)3/h4-6,9,12-13H,7-8H2,1-3H3,(H,17,18)(H,19,20)/t12-,13+/m0/s1. The van der Waals surface area contributed by atoms with E-state index in [9.17, 15) is 9.59 Å². The third-order valence-corrected chi connectivity index (χ3v) is 4.17. The monoisotopic (exact) mass is 275 g/mol. The number of benzene rings is 1. The van der Waals surface area contributed by atoms with Gasteiger partial charge in [-0.05, 0) is 24.3 Å². The molecular weight excluding hydrogens is 254 g/mol. The van der Waals surface area contributed by atoms with E-state index in [1.165, 1.54) is 11.1 Å². The van der Waals surface area contributed by atoms with Gasteiger partial charge in [0, 0.05) is 6.54 Å². The maximum absolute atomic E-state index is 12.0. The summed E-state index contributed by atoms with van der Waals surface area (Å²) in [5.41, 5.74) is 1.94. The molecule has 2 atom stereocenters. The van der Waals surface area contributed by atoms with Crippen LogP contribution in [0.2, 0.25) is 0 Å². The average Bonchev–Trinajstić information content (AvgIpc) is 2.92. The van der Waals surface area contributed by atoms with Crippen LogP contribution in [-0.2, 0) is 16.0 Å². The number of hydrogen-bond acceptors (Lipinski definition) is 2. The second-order valence-corrected chi connectivity index (χ2v) is 6.15. The van der Waals surface area contributed by atoms with Gasteiger partial charge in [0.1, 0.15) is 0 Å². The van der Waals surface area contributed by atoms with E-state index in [1.807, 2.05) is 39.0 Å². The lowest BCUT2D eigenvalue weighted by Crippen LogP contribution is -2.29. The fourth-order valence-corrected chi connectivity index (χ4v) is 2.90. The number of carboxylic acids is 1. The molecule has 4 heteroatoms. The number of carbonyl (C=O) groups excluding carboxylic acids is 1. The van der Waals surface area contributed by atoms with E-state index in [-0.39, 0.29) is 5.91 Å². The minimum atomic E-state index is -0.881. The van der Waals surface area contributed by atoms with Crippen molar-refractivity contribution in [3.8, 4) is 0 Å². The second kappa shape index (κ2) is 5.27. The van der Waals surface area contributed by atoms with Gasteiger partial charge < -0.3 is 10.4 Å². The molecule has 108 valence electrons. The molecule has 20 heavy (non-hydrogen) atoms. The van der Waals surface area contributed by atoms with Gasteiger partial charge in [-0.2, -0.15) is 0 Å². The van der Waals surface area contributed by atoms with Gasteiger partial charge in [-0.15, -0.1) is 0 Å². The van der Waals surface area contributed by atoms with Gasteiger partial charge in [0.2, 0.25) is 5.91 Å². The summed E-state index contributed by atoms with van der Waals surface area (Å²) in [5, 5.41) is 11.9. The van der Waals surface area contributed by atoms with Gasteiger partial charge in [0.25, 0.3) is 0 Å². The second-order valence-electron chi connectivity index (χ2n) is 6.15. The molecule has 0 unspecified atom stereocenters. The predicted molar refractivity (Wildman–Crippen MR) is 76.3 cm³/mol. The largest absolute Gasteiger partial charge is 0.481 e. The summed E-state index contributed by atoms with van der Waals surface area (Å²) in [7, 11) is 0. The molecule has 0 heterocycles. The summed E-state index contributed by atoms with van der Waals surface area (Å²) in [4.78, 5) is 23.1. The molecule has 2 N–H and O–H groups in total. The number of aryl methyl sites for hydroxylation is 1. The number of hydrogen-bond donors (Lipinski definition) is 2. The van der Waals surface area contributed by atoms with Gasteiger partial charge in [-0.3, -0.25) is 9.59 Å². The first-order chi connectivity index (χ1) is 9.34. The SMILES string of the molecule is Cc1cccc(CCNC(=O)[C@@H]2[C@H](C(=O)O)C2(C)C)c1. The van der Waals surface area contributed by atoms with Gasteiger partial charge in [-0.1, -0.05) is 43.7 Å². The van der Waals surface area contributed by atoms with Crippen LogP contribution in [0, 0.1) is 24.2 Å². The molecule has 1 aromatic carbocycles. The first-order valence-corrected chi connectivity index (χ1v) is 6.90. The van der Waals surface area contributed by atoms with Gasteiger partial charge in [0.15, 0.2) is 0 Å². The quantitative estimate of drug-likeness (QED) is 0.864. The Morgan fingerprint density at radius 1 is 1.30 bits per heavy atom. The molecule has 0 aliphatic heterocycles. The first kappa shape index (κ1) is 14.6. The molecule has 1 aliphatic rings. The van der Waals surface area contributed by atoms with Crippen LogP contribution in [0.15, 0.2) is 24.3 Å². The van der Waals surface area contributed by atoms with Gasteiger partial charge in [-0.25, -0.2) is 0 Å². The number of carbonyl (C=O) groups is 2. The van der Waals surface area contributed by atoms with E-state index >= 15 is 0 Å². The maximum Gasteiger partial charge on any atom is 0.307 e. The zero-order valence-corrected chi connectivity index (χ0v) is 12.1. The fraction of sp³-hybridized carbons (Fsp3) is 0.500. The lowest BCUT2D eigenvalue weighted by molar-refractivity contribution is -0.140. The Balaban J connectivity index is 1.84. The third-order valence-electron chi connectivity index (χ3n) is 4.17. The molecular formula is C16H21NO3. The van der Waals surface area contributed by atoms with Crippen molar-refractivity contribution in [2.45, 2.75) is 27.2 Å². The molecule has 1 fully saturated rings. The van der Waals surface area contributed by atoms with Crippen molar-refractivity contribution < 1.29 is 14.7 Å². The number of nitrogens with one attached hydrogen (secondary N) is 1. The van der Waals surface area contributed by atoms with Crippen LogP contribution in [0.4, 0.5) is 0 Å². The van der Waals surface area contributed by atoms with Gasteiger partial charge >= 0.3 is 5.97 Å². The zero-order valence-electron chi connectivity index (χ0n) is 12.1. The molecule has 1 aliphatic carbocycles. The number of aliphatic carboxylic acids is 1. The highest BCUT2D eigenvalue weighted by molar-refractivity contribution is 5.91. The molecule has 0 bridgehead atoms. The maximum atomic E-state index is 12.0. The van der Waals surface area contributed by atoms with E-state index in [0.717, 1.165) is 6.42 Å². The topological polar surface area (TPSA) is 66.4 Å². The Hall–Kier alpha value is -1.84. The highest BCUT2D eigenvalue weighted by Crippen LogP contribution is 2.58. The van der Waals surface area contributed by atoms with Crippen molar-refractivity contribution in [1.82, 2.24) is 5.32 Å². The number of rotatable bonds is 5. The number of carboxylic acid groups (broad SMARTS) is 1. The average molecular weight is 275 g/mol. The third kappa shape index (κ3) is 2.84. The van der Waals surface area contributed by atoms with Crippen molar-refractivity contribution in [2.24, 2.45) is 17.3 Å². The van der Waals surface area contributed by atoms with Crippen LogP contribution in [0.5, 0.6) is 0 Å². The van der Waals surface area contributed by atoms with Crippen molar-refractivity contribution >= 4 is 11.9 Å². The fourth-order valence-electron chi connectivity index (χ4n) is 2.90. The first-order valence-electron chi connectivity index (χ1n) is 6.90. The van der Waals surface area contributed by atoms with Crippen molar-refractivity contribution in [1.29, 1.82) is 0 Å². The summed E-state index contributed by atoms with van der Waals surface area (Å²) in [6.07, 6.45) is 0.762. The highest BCUT2D eigenvalue weighted by atomic mass is 16.4. The van der Waals surface area contributed by atoms with Crippen molar-refractivity contribution in [3.63, 3.8) is 0 Å². The molecule has 4 nitrogen and oxygen atoms in total. The smallest absolute Gasteiger partial charge is 0.307 e. The lowest BCUT2D eigenvalue weighted by atomic mass is 10.1. The van der Waals surface area contributed by atoms with Crippen molar-refractivity contribution in [2.75, 3.05) is 6.54 Å². The van der Waals surface area contributed by atoms with Crippen LogP contribution < -0.4 is 5.32 Å².